The van der Waals surface area contributed by atoms with Crippen molar-refractivity contribution in [3.05, 3.63) is 41.0 Å². The number of pyridine rings is 1. The fourth-order valence-electron chi connectivity index (χ4n) is 1.75. The normalized spacial score (nSPS) is 14.4. The summed E-state index contributed by atoms with van der Waals surface area (Å²) in [5.41, 5.74) is 0.0121. The lowest BCUT2D eigenvalue weighted by Crippen LogP contribution is -2.20. The van der Waals surface area contributed by atoms with Gasteiger partial charge in [0, 0.05) is 22.9 Å². The van der Waals surface area contributed by atoms with Crippen molar-refractivity contribution in [1.29, 1.82) is 0 Å². The first-order valence-electron chi connectivity index (χ1n) is 6.59. The summed E-state index contributed by atoms with van der Waals surface area (Å²) in [7, 11) is -2.78. The van der Waals surface area contributed by atoms with Gasteiger partial charge in [-0.2, -0.15) is 18.2 Å². The largest absolute Gasteiger partial charge is 0.433 e. The van der Waals surface area contributed by atoms with E-state index in [-0.39, 0.29) is 6.01 Å². The van der Waals surface area contributed by atoms with Gasteiger partial charge in [-0.25, -0.2) is 4.21 Å². The Kier molecular flexibility index (Phi) is 4.43. The van der Waals surface area contributed by atoms with Crippen molar-refractivity contribution in [3.63, 3.8) is 0 Å². The number of hydrogen-bond donors (Lipinski definition) is 1. The number of halogens is 3. The Bertz CT molecular complexity index is 812. The van der Waals surface area contributed by atoms with Crippen LogP contribution in [0.1, 0.15) is 29.6 Å². The van der Waals surface area contributed by atoms with Gasteiger partial charge in [-0.15, -0.1) is 0 Å². The van der Waals surface area contributed by atoms with Gasteiger partial charge in [0.1, 0.15) is 11.5 Å². The first kappa shape index (κ1) is 17.3. The van der Waals surface area contributed by atoms with Crippen molar-refractivity contribution in [1.82, 2.24) is 9.97 Å². The van der Waals surface area contributed by atoms with E-state index in [9.17, 15) is 17.4 Å². The summed E-state index contributed by atoms with van der Waals surface area (Å²) in [6.45, 7) is 5.03. The fourth-order valence-corrected chi connectivity index (χ4v) is 2.90. The van der Waals surface area contributed by atoms with Crippen LogP contribution in [0.5, 0.6) is 0 Å². The van der Waals surface area contributed by atoms with Crippen molar-refractivity contribution >= 4 is 20.6 Å². The number of oxazole rings is 1. The average Bonchev–Trinajstić information content (AvgIpc) is 2.74. The molecule has 2 aromatic heterocycles. The summed E-state index contributed by atoms with van der Waals surface area (Å²) >= 11 is 0. The molecule has 5 nitrogen and oxygen atoms in total. The quantitative estimate of drug-likeness (QED) is 0.684. The van der Waals surface area contributed by atoms with E-state index in [2.05, 4.69) is 14.7 Å². The predicted octanol–water partition coefficient (Wildman–Crippen LogP) is 3.19. The van der Waals surface area contributed by atoms with Crippen LogP contribution in [-0.4, -0.2) is 25.3 Å². The Labute approximate surface area is 132 Å². The highest BCUT2D eigenvalue weighted by Crippen LogP contribution is 2.27. The molecular weight excluding hydrogens is 331 g/mol. The molecule has 1 atom stereocenters. The molecule has 0 amide bonds. The van der Waals surface area contributed by atoms with Crippen LogP contribution < -0.4 is 4.72 Å². The SMILES string of the molecule is CC(c1ccc(C(F)(F)F)nc1)=S(C)(=O)Nc1nc(C)c(C)o1. The van der Waals surface area contributed by atoms with Crippen molar-refractivity contribution in [3.8, 4) is 0 Å². The molecule has 2 heterocycles. The first-order valence-corrected chi connectivity index (χ1v) is 8.55. The second kappa shape index (κ2) is 5.88. The van der Waals surface area contributed by atoms with Gasteiger partial charge in [0.15, 0.2) is 0 Å². The Morgan fingerprint density at radius 3 is 2.39 bits per heavy atom. The van der Waals surface area contributed by atoms with E-state index in [4.69, 9.17) is 4.42 Å². The van der Waals surface area contributed by atoms with Gasteiger partial charge in [-0.3, -0.25) is 9.71 Å². The Hall–Kier alpha value is -2.03. The second-order valence-electron chi connectivity index (χ2n) is 5.09. The third-order valence-electron chi connectivity index (χ3n) is 3.36. The number of nitrogens with one attached hydrogen (secondary N) is 1. The second-order valence-corrected chi connectivity index (χ2v) is 7.60. The molecule has 0 saturated carbocycles. The summed E-state index contributed by atoms with van der Waals surface area (Å²) in [5.74, 6) is 0.594. The van der Waals surface area contributed by atoms with Crippen LogP contribution in [0.25, 0.3) is 0 Å². The maximum Gasteiger partial charge on any atom is 0.433 e. The molecule has 0 spiro atoms. The number of anilines is 1. The molecule has 1 N–H and O–H groups in total. The van der Waals surface area contributed by atoms with Crippen molar-refractivity contribution in [2.24, 2.45) is 0 Å². The highest BCUT2D eigenvalue weighted by Gasteiger charge is 2.32. The van der Waals surface area contributed by atoms with Gasteiger partial charge in [0.25, 0.3) is 0 Å². The maximum atomic E-state index is 12.8. The van der Waals surface area contributed by atoms with Crippen LogP contribution >= 0.6 is 0 Å². The van der Waals surface area contributed by atoms with E-state index < -0.39 is 21.6 Å². The van der Waals surface area contributed by atoms with Crippen molar-refractivity contribution in [2.75, 3.05) is 11.0 Å². The van der Waals surface area contributed by atoms with Crippen LogP contribution in [0.4, 0.5) is 19.2 Å². The maximum absolute atomic E-state index is 12.8. The summed E-state index contributed by atoms with van der Waals surface area (Å²) in [5, 5.41) is 0. The van der Waals surface area contributed by atoms with Gasteiger partial charge in [-0.1, -0.05) is 6.07 Å². The van der Waals surface area contributed by atoms with E-state index >= 15 is 0 Å². The van der Waals surface area contributed by atoms with Gasteiger partial charge in [0.2, 0.25) is 0 Å². The van der Waals surface area contributed by atoms with Gasteiger partial charge in [-0.05, 0) is 26.8 Å². The van der Waals surface area contributed by atoms with E-state index in [1.165, 1.54) is 12.3 Å². The summed E-state index contributed by atoms with van der Waals surface area (Å²) < 4.78 is 58.3. The molecular formula is C14H16F3N3O2S. The van der Waals surface area contributed by atoms with Crippen LogP contribution in [-0.2, 0) is 15.9 Å². The molecule has 2 aromatic rings. The minimum atomic E-state index is -4.51. The van der Waals surface area contributed by atoms with E-state index in [0.717, 1.165) is 12.3 Å². The topological polar surface area (TPSA) is 68.0 Å². The molecule has 23 heavy (non-hydrogen) atoms. The molecule has 0 aromatic carbocycles. The molecule has 126 valence electrons. The standard InChI is InChI=1S/C14H16F3N3O2S/c1-8-9(2)22-13(19-8)20-23(4,21)10(3)11-5-6-12(18-7-11)14(15,16)17/h5-7H,1-4H3,(H,19,20,21). The van der Waals surface area contributed by atoms with Crippen molar-refractivity contribution < 1.29 is 21.8 Å². The summed E-state index contributed by atoms with van der Waals surface area (Å²) in [6, 6.07) is 2.20. The summed E-state index contributed by atoms with van der Waals surface area (Å²) in [6.07, 6.45) is -2.03. The van der Waals surface area contributed by atoms with Gasteiger partial charge >= 0.3 is 12.2 Å². The van der Waals surface area contributed by atoms with Crippen LogP contribution in [0.3, 0.4) is 0 Å². The van der Waals surface area contributed by atoms with Crippen LogP contribution in [0.2, 0.25) is 0 Å². The molecule has 1 unspecified atom stereocenters. The zero-order valence-electron chi connectivity index (χ0n) is 13.0. The monoisotopic (exact) mass is 347 g/mol. The van der Waals surface area contributed by atoms with Crippen molar-refractivity contribution in [2.45, 2.75) is 26.9 Å². The molecule has 0 saturated heterocycles. The molecule has 0 aliphatic carbocycles. The van der Waals surface area contributed by atoms with E-state index in [1.807, 2.05) is 0 Å². The molecule has 0 radical (unpaired) electrons. The zero-order valence-corrected chi connectivity index (χ0v) is 13.8. The summed E-state index contributed by atoms with van der Waals surface area (Å²) in [4.78, 5) is 7.81. The zero-order chi connectivity index (χ0) is 17.4. The Balaban J connectivity index is 2.36. The number of hydrogen-bond acceptors (Lipinski definition) is 4. The minimum Gasteiger partial charge on any atom is -0.428 e. The Morgan fingerprint density at radius 1 is 1.30 bits per heavy atom. The molecule has 9 heteroatoms. The van der Waals surface area contributed by atoms with Crippen LogP contribution in [0, 0.1) is 13.8 Å². The third-order valence-corrected chi connectivity index (χ3v) is 5.32. The van der Waals surface area contributed by atoms with E-state index in [0.29, 0.717) is 21.9 Å². The molecule has 0 fully saturated rings. The number of aromatic nitrogens is 2. The Morgan fingerprint density at radius 2 is 1.96 bits per heavy atom. The van der Waals surface area contributed by atoms with E-state index in [1.54, 1.807) is 20.8 Å². The predicted molar refractivity (Wildman–Crippen MR) is 82.7 cm³/mol. The number of nitrogens with zero attached hydrogens (tertiary/aromatic N) is 2. The third kappa shape index (κ3) is 3.84. The van der Waals surface area contributed by atoms with Crippen LogP contribution in [0.15, 0.2) is 22.7 Å². The minimum absolute atomic E-state index is 0.103. The molecule has 0 aliphatic heterocycles. The fraction of sp³-hybridized carbons (Fsp3) is 0.357. The number of rotatable bonds is 3. The van der Waals surface area contributed by atoms with Gasteiger partial charge < -0.3 is 4.42 Å². The average molecular weight is 347 g/mol. The molecule has 0 aliphatic rings. The number of alkyl halides is 3. The molecule has 0 bridgehead atoms. The highest BCUT2D eigenvalue weighted by molar-refractivity contribution is 8.03. The highest BCUT2D eigenvalue weighted by atomic mass is 32.2. The van der Waals surface area contributed by atoms with Gasteiger partial charge in [0.05, 0.1) is 15.4 Å². The molecule has 2 rings (SSSR count). The first-order chi connectivity index (χ1) is 10.5. The lowest BCUT2D eigenvalue weighted by Gasteiger charge is -2.12. The smallest absolute Gasteiger partial charge is 0.428 e. The number of aryl methyl sites for hydroxylation is 2. The lowest BCUT2D eigenvalue weighted by atomic mass is 10.2. The lowest BCUT2D eigenvalue weighted by molar-refractivity contribution is -0.141.